The Morgan fingerprint density at radius 2 is 1.80 bits per heavy atom. The van der Waals surface area contributed by atoms with Crippen LogP contribution in [0.15, 0.2) is 54.6 Å². The molecule has 102 valence electrons. The summed E-state index contributed by atoms with van der Waals surface area (Å²) in [4.78, 5) is 11.9. The van der Waals surface area contributed by atoms with Crippen molar-refractivity contribution in [3.8, 4) is 5.75 Å². The molecule has 0 aromatic heterocycles. The first kappa shape index (κ1) is 12.5. The van der Waals surface area contributed by atoms with Gasteiger partial charge in [-0.15, -0.1) is 0 Å². The highest BCUT2D eigenvalue weighted by Gasteiger charge is 2.26. The molecule has 1 unspecified atom stereocenters. The summed E-state index contributed by atoms with van der Waals surface area (Å²) in [6, 6.07) is 17.4. The molecule has 0 bridgehead atoms. The third-order valence-corrected chi connectivity index (χ3v) is 3.22. The van der Waals surface area contributed by atoms with Crippen LogP contribution in [-0.2, 0) is 4.79 Å². The quantitative estimate of drug-likeness (QED) is 0.896. The first-order valence-electron chi connectivity index (χ1n) is 6.68. The molecule has 1 amide bonds. The van der Waals surface area contributed by atoms with Gasteiger partial charge in [0.1, 0.15) is 5.75 Å². The minimum atomic E-state index is -0.443. The molecule has 2 aromatic rings. The Bertz CT molecular complexity index is 598. The van der Waals surface area contributed by atoms with Gasteiger partial charge in [-0.2, -0.15) is 0 Å². The van der Waals surface area contributed by atoms with Crippen molar-refractivity contribution in [1.82, 2.24) is 0 Å². The van der Waals surface area contributed by atoms with Gasteiger partial charge in [-0.05, 0) is 24.3 Å². The highest BCUT2D eigenvalue weighted by molar-refractivity contribution is 5.97. The maximum atomic E-state index is 11.9. The number of nitrogens with one attached hydrogen (secondary N) is 2. The maximum absolute atomic E-state index is 11.9. The van der Waals surface area contributed by atoms with Gasteiger partial charge in [0.05, 0.1) is 5.69 Å². The molecule has 1 atom stereocenters. The number of ether oxygens (including phenoxy) is 1. The minimum Gasteiger partial charge on any atom is -0.478 e. The van der Waals surface area contributed by atoms with Gasteiger partial charge < -0.3 is 15.4 Å². The fraction of sp³-hybridized carbons (Fsp3) is 0.188. The third-order valence-electron chi connectivity index (χ3n) is 3.22. The molecule has 4 nitrogen and oxygen atoms in total. The van der Waals surface area contributed by atoms with E-state index in [4.69, 9.17) is 4.74 Å². The number of carbonyl (C=O) groups is 1. The average Bonchev–Trinajstić information content (AvgIpc) is 2.49. The Hall–Kier alpha value is -2.49. The van der Waals surface area contributed by atoms with E-state index in [-0.39, 0.29) is 5.91 Å². The summed E-state index contributed by atoms with van der Waals surface area (Å²) in [6.07, 6.45) is 0.177. The van der Waals surface area contributed by atoms with Crippen LogP contribution in [0.1, 0.15) is 6.42 Å². The van der Waals surface area contributed by atoms with E-state index in [9.17, 15) is 4.79 Å². The van der Waals surface area contributed by atoms with Crippen molar-refractivity contribution >= 4 is 17.3 Å². The van der Waals surface area contributed by atoms with E-state index in [1.165, 1.54) is 0 Å². The van der Waals surface area contributed by atoms with Crippen LogP contribution in [-0.4, -0.2) is 18.6 Å². The Morgan fingerprint density at radius 1 is 1.05 bits per heavy atom. The summed E-state index contributed by atoms with van der Waals surface area (Å²) < 4.78 is 5.73. The molecule has 0 radical (unpaired) electrons. The van der Waals surface area contributed by atoms with E-state index in [1.54, 1.807) is 0 Å². The topological polar surface area (TPSA) is 50.4 Å². The largest absolute Gasteiger partial charge is 0.478 e. The molecule has 2 aromatic carbocycles. The monoisotopic (exact) mass is 268 g/mol. The Labute approximate surface area is 117 Å². The van der Waals surface area contributed by atoms with Crippen LogP contribution in [0.2, 0.25) is 0 Å². The summed E-state index contributed by atoms with van der Waals surface area (Å²) in [7, 11) is 0. The van der Waals surface area contributed by atoms with Crippen LogP contribution < -0.4 is 15.4 Å². The number of fused-ring (bicyclic) bond motifs is 1. The van der Waals surface area contributed by atoms with Gasteiger partial charge in [0.25, 0.3) is 5.91 Å². The number of amides is 1. The molecule has 4 heteroatoms. The van der Waals surface area contributed by atoms with E-state index in [0.29, 0.717) is 13.0 Å². The summed E-state index contributed by atoms with van der Waals surface area (Å²) in [5.74, 6) is 0.648. The molecule has 2 N–H and O–H groups in total. The Balaban J connectivity index is 1.57. The van der Waals surface area contributed by atoms with Crippen molar-refractivity contribution in [3.05, 3.63) is 54.6 Å². The molecule has 20 heavy (non-hydrogen) atoms. The highest BCUT2D eigenvalue weighted by Crippen LogP contribution is 2.29. The zero-order valence-electron chi connectivity index (χ0n) is 11.0. The van der Waals surface area contributed by atoms with Crippen LogP contribution in [0.25, 0.3) is 0 Å². The predicted octanol–water partition coefficient (Wildman–Crippen LogP) is 2.89. The van der Waals surface area contributed by atoms with Gasteiger partial charge in [0.2, 0.25) is 0 Å². The predicted molar refractivity (Wildman–Crippen MR) is 79.0 cm³/mol. The maximum Gasteiger partial charge on any atom is 0.265 e. The van der Waals surface area contributed by atoms with E-state index in [2.05, 4.69) is 10.6 Å². The molecular formula is C16H16N2O2. The van der Waals surface area contributed by atoms with Crippen LogP contribution >= 0.6 is 0 Å². The van der Waals surface area contributed by atoms with Gasteiger partial charge in [0.15, 0.2) is 6.10 Å². The van der Waals surface area contributed by atoms with Crippen molar-refractivity contribution in [2.45, 2.75) is 12.5 Å². The summed E-state index contributed by atoms with van der Waals surface area (Å²) in [6.45, 7) is 0.685. The molecule has 0 saturated heterocycles. The number of anilines is 2. The summed E-state index contributed by atoms with van der Waals surface area (Å²) >= 11 is 0. The smallest absolute Gasteiger partial charge is 0.265 e. The zero-order chi connectivity index (χ0) is 13.8. The number of rotatable bonds is 4. The van der Waals surface area contributed by atoms with E-state index in [1.807, 2.05) is 54.6 Å². The lowest BCUT2D eigenvalue weighted by molar-refractivity contribution is -0.123. The minimum absolute atomic E-state index is 0.0847. The number of benzene rings is 2. The lowest BCUT2D eigenvalue weighted by atomic mass is 10.1. The fourth-order valence-electron chi connectivity index (χ4n) is 2.19. The Morgan fingerprint density at radius 3 is 2.65 bits per heavy atom. The second-order valence-electron chi connectivity index (χ2n) is 4.67. The molecule has 1 heterocycles. The lowest BCUT2D eigenvalue weighted by Gasteiger charge is -2.25. The van der Waals surface area contributed by atoms with E-state index >= 15 is 0 Å². The second-order valence-corrected chi connectivity index (χ2v) is 4.67. The molecular weight excluding hydrogens is 252 g/mol. The number of para-hydroxylation sites is 3. The lowest BCUT2D eigenvalue weighted by Crippen LogP contribution is -2.38. The van der Waals surface area contributed by atoms with Crippen molar-refractivity contribution < 1.29 is 9.53 Å². The molecule has 0 aliphatic carbocycles. The van der Waals surface area contributed by atoms with E-state index in [0.717, 1.165) is 17.1 Å². The van der Waals surface area contributed by atoms with Gasteiger partial charge in [0, 0.05) is 18.7 Å². The summed E-state index contributed by atoms with van der Waals surface area (Å²) in [5.41, 5.74) is 1.79. The molecule has 3 rings (SSSR count). The van der Waals surface area contributed by atoms with Gasteiger partial charge in [-0.3, -0.25) is 4.79 Å². The molecule has 0 fully saturated rings. The average molecular weight is 268 g/mol. The highest BCUT2D eigenvalue weighted by atomic mass is 16.5. The SMILES string of the molecule is O=C1Nc2ccccc2OC1CCNc1ccccc1. The van der Waals surface area contributed by atoms with Crippen molar-refractivity contribution in [1.29, 1.82) is 0 Å². The molecule has 1 aliphatic rings. The number of carbonyl (C=O) groups excluding carboxylic acids is 1. The summed E-state index contributed by atoms with van der Waals surface area (Å²) in [5, 5.41) is 6.14. The van der Waals surface area contributed by atoms with Crippen LogP contribution in [0.5, 0.6) is 5.75 Å². The first-order valence-corrected chi connectivity index (χ1v) is 6.68. The van der Waals surface area contributed by atoms with Crippen molar-refractivity contribution in [2.75, 3.05) is 17.2 Å². The molecule has 0 saturated carbocycles. The first-order chi connectivity index (χ1) is 9.83. The third kappa shape index (κ3) is 2.74. The number of hydrogen-bond donors (Lipinski definition) is 2. The van der Waals surface area contributed by atoms with Crippen LogP contribution in [0.4, 0.5) is 11.4 Å². The van der Waals surface area contributed by atoms with E-state index < -0.39 is 6.10 Å². The zero-order valence-corrected chi connectivity index (χ0v) is 11.0. The van der Waals surface area contributed by atoms with Crippen molar-refractivity contribution in [3.63, 3.8) is 0 Å². The fourth-order valence-corrected chi connectivity index (χ4v) is 2.19. The number of hydrogen-bond acceptors (Lipinski definition) is 3. The second kappa shape index (κ2) is 5.65. The van der Waals surface area contributed by atoms with Gasteiger partial charge in [-0.25, -0.2) is 0 Å². The molecule has 0 spiro atoms. The molecule has 1 aliphatic heterocycles. The normalized spacial score (nSPS) is 16.8. The Kier molecular flexibility index (Phi) is 3.54. The standard InChI is InChI=1S/C16H16N2O2/c19-16-15(10-11-17-12-6-2-1-3-7-12)20-14-9-5-4-8-13(14)18-16/h1-9,15,17H,10-11H2,(H,18,19). The van der Waals surface area contributed by atoms with Gasteiger partial charge >= 0.3 is 0 Å². The van der Waals surface area contributed by atoms with Crippen molar-refractivity contribution in [2.24, 2.45) is 0 Å². The van der Waals surface area contributed by atoms with Crippen LogP contribution in [0, 0.1) is 0 Å². The van der Waals surface area contributed by atoms with Crippen LogP contribution in [0.3, 0.4) is 0 Å². The van der Waals surface area contributed by atoms with Gasteiger partial charge in [-0.1, -0.05) is 30.3 Å².